The molecule has 0 aromatic rings. The Morgan fingerprint density at radius 3 is 1.85 bits per heavy atom. The summed E-state index contributed by atoms with van der Waals surface area (Å²) in [6.07, 6.45) is 10.4. The van der Waals surface area contributed by atoms with Crippen molar-refractivity contribution in [2.45, 2.75) is 41.5 Å². The Bertz CT molecular complexity index is 883. The highest BCUT2D eigenvalue weighted by molar-refractivity contribution is 6.23. The van der Waals surface area contributed by atoms with E-state index in [1.54, 1.807) is 6.08 Å². The minimum absolute atomic E-state index is 0. The standard InChI is InChI=1S/2C10H8O2.2CH4/c1-6-4-7-8(5-6)10(12)3-2-9(7)11;1-6-2-3-7-8(11)4-5-9(12)10(6)7;;/h2-4H,5H2,1H3;2,4-5H,3H2,1H3;2*1H4. The molecule has 0 fully saturated rings. The first-order chi connectivity index (χ1) is 11.4. The predicted molar refractivity (Wildman–Crippen MR) is 103 cm³/mol. The van der Waals surface area contributed by atoms with Crippen LogP contribution >= 0.6 is 0 Å². The molecule has 0 radical (unpaired) electrons. The average molecular weight is 352 g/mol. The number of hydrogen-bond acceptors (Lipinski definition) is 4. The minimum Gasteiger partial charge on any atom is -0.290 e. The molecule has 0 heterocycles. The van der Waals surface area contributed by atoms with E-state index in [4.69, 9.17) is 0 Å². The van der Waals surface area contributed by atoms with E-state index in [0.29, 0.717) is 35.1 Å². The minimum atomic E-state index is -0.0403. The molecule has 0 spiro atoms. The van der Waals surface area contributed by atoms with E-state index < -0.39 is 0 Å². The van der Waals surface area contributed by atoms with Crippen LogP contribution < -0.4 is 0 Å². The Hall–Kier alpha value is -2.88. The molecule has 4 aliphatic carbocycles. The summed E-state index contributed by atoms with van der Waals surface area (Å²) < 4.78 is 0. The molecular formula is C22H24O4. The van der Waals surface area contributed by atoms with E-state index >= 15 is 0 Å². The van der Waals surface area contributed by atoms with Crippen molar-refractivity contribution >= 4 is 23.1 Å². The average Bonchev–Trinajstić information content (AvgIpc) is 3.12. The maximum atomic E-state index is 11.3. The molecule has 0 unspecified atom stereocenters. The first-order valence-corrected chi connectivity index (χ1v) is 7.72. The normalized spacial score (nSPS) is 19.9. The number of carbonyl (C=O) groups excluding carboxylic acids is 4. The second kappa shape index (κ2) is 8.00. The maximum Gasteiger partial charge on any atom is 0.186 e. The van der Waals surface area contributed by atoms with Crippen molar-refractivity contribution < 1.29 is 19.2 Å². The summed E-state index contributed by atoms with van der Waals surface area (Å²) in [5.74, 6) is -0.104. The highest BCUT2D eigenvalue weighted by atomic mass is 16.1. The monoisotopic (exact) mass is 352 g/mol. The van der Waals surface area contributed by atoms with Gasteiger partial charge in [-0.2, -0.15) is 0 Å². The molecule has 4 aliphatic rings. The lowest BCUT2D eigenvalue weighted by atomic mass is 9.94. The van der Waals surface area contributed by atoms with Gasteiger partial charge in [-0.25, -0.2) is 0 Å². The van der Waals surface area contributed by atoms with Gasteiger partial charge in [0.25, 0.3) is 0 Å². The Labute approximate surface area is 154 Å². The molecule has 0 atom stereocenters. The molecule has 0 aliphatic heterocycles. The van der Waals surface area contributed by atoms with Gasteiger partial charge in [0.15, 0.2) is 23.1 Å². The first kappa shape index (κ1) is 21.2. The van der Waals surface area contributed by atoms with Gasteiger partial charge in [0.1, 0.15) is 0 Å². The predicted octanol–water partition coefficient (Wildman–Crippen LogP) is 3.95. The van der Waals surface area contributed by atoms with Crippen molar-refractivity contribution in [1.29, 1.82) is 0 Å². The Kier molecular flexibility index (Phi) is 6.51. The molecule has 0 aromatic heterocycles. The zero-order valence-electron chi connectivity index (χ0n) is 13.5. The topological polar surface area (TPSA) is 68.3 Å². The van der Waals surface area contributed by atoms with Gasteiger partial charge in [0, 0.05) is 22.3 Å². The Morgan fingerprint density at radius 1 is 0.731 bits per heavy atom. The SMILES string of the molecule is C.C.CC1=CC2=C(C1)C(=O)C=CC2=O.CC1=CCC2=C1C(=O)C=CC2=O. The van der Waals surface area contributed by atoms with Crippen LogP contribution in [-0.2, 0) is 19.2 Å². The van der Waals surface area contributed by atoms with Gasteiger partial charge < -0.3 is 0 Å². The molecule has 136 valence electrons. The van der Waals surface area contributed by atoms with Crippen LogP contribution in [-0.4, -0.2) is 23.1 Å². The lowest BCUT2D eigenvalue weighted by molar-refractivity contribution is -0.115. The van der Waals surface area contributed by atoms with Gasteiger partial charge >= 0.3 is 0 Å². The third kappa shape index (κ3) is 3.69. The van der Waals surface area contributed by atoms with Gasteiger partial charge in [0.05, 0.1) is 0 Å². The summed E-state index contributed by atoms with van der Waals surface area (Å²) in [4.78, 5) is 45.0. The van der Waals surface area contributed by atoms with Gasteiger partial charge in [-0.3, -0.25) is 19.2 Å². The second-order valence-electron chi connectivity index (χ2n) is 6.13. The zero-order chi connectivity index (χ0) is 17.4. The van der Waals surface area contributed by atoms with Crippen LogP contribution in [0.5, 0.6) is 0 Å². The lowest BCUT2D eigenvalue weighted by Gasteiger charge is -2.07. The summed E-state index contributed by atoms with van der Waals surface area (Å²) in [7, 11) is 0. The van der Waals surface area contributed by atoms with E-state index in [2.05, 4.69) is 0 Å². The molecule has 0 bridgehead atoms. The van der Waals surface area contributed by atoms with Gasteiger partial charge in [-0.1, -0.05) is 32.6 Å². The van der Waals surface area contributed by atoms with Crippen LogP contribution in [0.25, 0.3) is 0 Å². The molecule has 4 rings (SSSR count). The fourth-order valence-corrected chi connectivity index (χ4v) is 3.14. The van der Waals surface area contributed by atoms with Crippen molar-refractivity contribution in [1.82, 2.24) is 0 Å². The lowest BCUT2D eigenvalue weighted by Crippen LogP contribution is -2.11. The van der Waals surface area contributed by atoms with E-state index in [9.17, 15) is 19.2 Å². The fourth-order valence-electron chi connectivity index (χ4n) is 3.14. The van der Waals surface area contributed by atoms with Crippen LogP contribution in [0, 0.1) is 0 Å². The third-order valence-electron chi connectivity index (χ3n) is 4.36. The largest absolute Gasteiger partial charge is 0.290 e. The second-order valence-corrected chi connectivity index (χ2v) is 6.13. The van der Waals surface area contributed by atoms with Gasteiger partial charge in [-0.05, 0) is 56.6 Å². The molecule has 0 saturated heterocycles. The molecule has 4 nitrogen and oxygen atoms in total. The third-order valence-corrected chi connectivity index (χ3v) is 4.36. The highest BCUT2D eigenvalue weighted by Crippen LogP contribution is 2.30. The van der Waals surface area contributed by atoms with Crippen LogP contribution in [0.3, 0.4) is 0 Å². The number of ketones is 4. The van der Waals surface area contributed by atoms with Crippen molar-refractivity contribution in [3.05, 3.63) is 69.9 Å². The van der Waals surface area contributed by atoms with Crippen molar-refractivity contribution in [2.24, 2.45) is 0 Å². The molecular weight excluding hydrogens is 328 g/mol. The Morgan fingerprint density at radius 2 is 1.27 bits per heavy atom. The molecule has 26 heavy (non-hydrogen) atoms. The quantitative estimate of drug-likeness (QED) is 0.619. The maximum absolute atomic E-state index is 11.3. The molecule has 0 amide bonds. The summed E-state index contributed by atoms with van der Waals surface area (Å²) in [5, 5.41) is 0. The van der Waals surface area contributed by atoms with Crippen molar-refractivity contribution in [3.8, 4) is 0 Å². The number of carbonyl (C=O) groups is 4. The molecule has 0 N–H and O–H groups in total. The highest BCUT2D eigenvalue weighted by Gasteiger charge is 2.26. The molecule has 4 heteroatoms. The number of allylic oxidation sites excluding steroid dienone is 12. The number of hydrogen-bond donors (Lipinski definition) is 0. The van der Waals surface area contributed by atoms with Crippen LogP contribution in [0.1, 0.15) is 41.5 Å². The van der Waals surface area contributed by atoms with E-state index in [1.807, 2.05) is 19.9 Å². The number of rotatable bonds is 0. The van der Waals surface area contributed by atoms with Crippen molar-refractivity contribution in [3.63, 3.8) is 0 Å². The zero-order valence-corrected chi connectivity index (χ0v) is 13.5. The first-order valence-electron chi connectivity index (χ1n) is 7.72. The fraction of sp³-hybridized carbons (Fsp3) is 0.273. The molecule has 0 saturated carbocycles. The van der Waals surface area contributed by atoms with Crippen molar-refractivity contribution in [2.75, 3.05) is 0 Å². The van der Waals surface area contributed by atoms with Gasteiger partial charge in [0.2, 0.25) is 0 Å². The molecule has 0 aromatic carbocycles. The Balaban J connectivity index is 0.000000241. The summed E-state index contributed by atoms with van der Waals surface area (Å²) in [5.41, 5.74) is 4.58. The van der Waals surface area contributed by atoms with Gasteiger partial charge in [-0.15, -0.1) is 0 Å². The summed E-state index contributed by atoms with van der Waals surface area (Å²) >= 11 is 0. The smallest absolute Gasteiger partial charge is 0.186 e. The van der Waals surface area contributed by atoms with E-state index in [0.717, 1.165) is 11.1 Å². The van der Waals surface area contributed by atoms with E-state index in [1.165, 1.54) is 24.3 Å². The van der Waals surface area contributed by atoms with E-state index in [-0.39, 0.29) is 38.0 Å². The van der Waals surface area contributed by atoms with Crippen LogP contribution in [0.15, 0.2) is 69.9 Å². The summed E-state index contributed by atoms with van der Waals surface area (Å²) in [6, 6.07) is 0. The van der Waals surface area contributed by atoms with Crippen LogP contribution in [0.4, 0.5) is 0 Å². The summed E-state index contributed by atoms with van der Waals surface area (Å²) in [6.45, 7) is 3.80. The van der Waals surface area contributed by atoms with Crippen LogP contribution in [0.2, 0.25) is 0 Å².